The Morgan fingerprint density at radius 2 is 2.09 bits per heavy atom. The third-order valence-corrected chi connectivity index (χ3v) is 2.39. The van der Waals surface area contributed by atoms with E-state index in [1.54, 1.807) is 0 Å². The van der Waals surface area contributed by atoms with Gasteiger partial charge in [-0.25, -0.2) is 0 Å². The van der Waals surface area contributed by atoms with Crippen LogP contribution in [0.5, 0.6) is 0 Å². The highest BCUT2D eigenvalue weighted by Crippen LogP contribution is 2.27. The van der Waals surface area contributed by atoms with E-state index in [9.17, 15) is 0 Å². The largest absolute Gasteiger partial charge is 0.324 e. The summed E-state index contributed by atoms with van der Waals surface area (Å²) in [5, 5.41) is 0. The first-order valence-electron chi connectivity index (χ1n) is 4.37. The van der Waals surface area contributed by atoms with Crippen molar-refractivity contribution < 1.29 is 0 Å². The molecule has 2 N–H and O–H groups in total. The Kier molecular flexibility index (Phi) is 2.89. The summed E-state index contributed by atoms with van der Waals surface area (Å²) in [6.45, 7) is 4.17. The van der Waals surface area contributed by atoms with Crippen LogP contribution in [-0.2, 0) is 0 Å². The third kappa shape index (κ3) is 1.72. The van der Waals surface area contributed by atoms with E-state index in [4.69, 9.17) is 5.73 Å². The molecule has 62 valence electrons. The van der Waals surface area contributed by atoms with Crippen molar-refractivity contribution in [3.05, 3.63) is 23.3 Å². The lowest BCUT2D eigenvalue weighted by Crippen LogP contribution is -2.26. The lowest BCUT2D eigenvalue weighted by Gasteiger charge is -2.24. The Bertz CT molecular complexity index is 189. The summed E-state index contributed by atoms with van der Waals surface area (Å²) < 4.78 is 0. The van der Waals surface area contributed by atoms with E-state index in [0.29, 0.717) is 6.04 Å². The predicted octanol–water partition coefficient (Wildman–Crippen LogP) is 2.39. The Labute approximate surface area is 69.0 Å². The zero-order valence-electron chi connectivity index (χ0n) is 7.43. The van der Waals surface area contributed by atoms with E-state index in [2.05, 4.69) is 26.0 Å². The van der Waals surface area contributed by atoms with Gasteiger partial charge in [-0.1, -0.05) is 12.2 Å². The minimum atomic E-state index is 0.292. The molecule has 0 saturated heterocycles. The SMILES string of the molecule is CC=C1CCCC(N)C1=CC. The quantitative estimate of drug-likeness (QED) is 0.565. The molecule has 0 aromatic carbocycles. The first-order valence-corrected chi connectivity index (χ1v) is 4.37. The van der Waals surface area contributed by atoms with E-state index in [1.807, 2.05) is 0 Å². The second-order valence-electron chi connectivity index (χ2n) is 3.06. The molecule has 1 atom stereocenters. The highest BCUT2D eigenvalue weighted by molar-refractivity contribution is 5.36. The molecule has 0 bridgehead atoms. The van der Waals surface area contributed by atoms with Crippen molar-refractivity contribution in [2.24, 2.45) is 5.73 Å². The summed E-state index contributed by atoms with van der Waals surface area (Å²) in [5.41, 5.74) is 8.76. The second kappa shape index (κ2) is 3.72. The maximum Gasteiger partial charge on any atom is 0.0294 e. The van der Waals surface area contributed by atoms with Gasteiger partial charge in [0.25, 0.3) is 0 Å². The summed E-state index contributed by atoms with van der Waals surface area (Å²) in [7, 11) is 0. The van der Waals surface area contributed by atoms with Gasteiger partial charge in [0.2, 0.25) is 0 Å². The standard InChI is InChI=1S/C10H17N/c1-3-8-6-5-7-10(11)9(8)4-2/h3-4,10H,5-7,11H2,1-2H3. The molecule has 1 saturated carbocycles. The molecule has 0 radical (unpaired) electrons. The minimum absolute atomic E-state index is 0.292. The van der Waals surface area contributed by atoms with Crippen molar-refractivity contribution in [1.29, 1.82) is 0 Å². The lowest BCUT2D eigenvalue weighted by molar-refractivity contribution is 0.598. The van der Waals surface area contributed by atoms with E-state index in [1.165, 1.54) is 24.0 Å². The molecule has 1 heteroatoms. The monoisotopic (exact) mass is 151 g/mol. The van der Waals surface area contributed by atoms with Crippen molar-refractivity contribution in [3.63, 3.8) is 0 Å². The molecule has 0 aliphatic heterocycles. The zero-order valence-corrected chi connectivity index (χ0v) is 7.43. The molecule has 1 rings (SSSR count). The fourth-order valence-corrected chi connectivity index (χ4v) is 1.76. The van der Waals surface area contributed by atoms with Crippen molar-refractivity contribution in [3.8, 4) is 0 Å². The molecule has 0 amide bonds. The molecular weight excluding hydrogens is 134 g/mol. The van der Waals surface area contributed by atoms with Crippen LogP contribution in [0.4, 0.5) is 0 Å². The molecule has 1 unspecified atom stereocenters. The molecule has 1 aliphatic rings. The van der Waals surface area contributed by atoms with Gasteiger partial charge < -0.3 is 5.73 Å². The van der Waals surface area contributed by atoms with Crippen LogP contribution in [0.15, 0.2) is 23.3 Å². The van der Waals surface area contributed by atoms with Crippen LogP contribution in [-0.4, -0.2) is 6.04 Å². The average molecular weight is 151 g/mol. The van der Waals surface area contributed by atoms with Crippen molar-refractivity contribution in [2.75, 3.05) is 0 Å². The third-order valence-electron chi connectivity index (χ3n) is 2.39. The van der Waals surface area contributed by atoms with Crippen molar-refractivity contribution in [1.82, 2.24) is 0 Å². The van der Waals surface area contributed by atoms with Crippen LogP contribution in [0, 0.1) is 0 Å². The summed E-state index contributed by atoms with van der Waals surface area (Å²) in [6, 6.07) is 0.292. The molecule has 0 heterocycles. The second-order valence-corrected chi connectivity index (χ2v) is 3.06. The summed E-state index contributed by atoms with van der Waals surface area (Å²) in [4.78, 5) is 0. The summed E-state index contributed by atoms with van der Waals surface area (Å²) in [5.74, 6) is 0. The van der Waals surface area contributed by atoms with E-state index < -0.39 is 0 Å². The van der Waals surface area contributed by atoms with Gasteiger partial charge in [0.1, 0.15) is 0 Å². The highest BCUT2D eigenvalue weighted by Gasteiger charge is 2.17. The molecule has 1 nitrogen and oxygen atoms in total. The average Bonchev–Trinajstić information content (AvgIpc) is 2.04. The molecule has 1 fully saturated rings. The number of rotatable bonds is 0. The smallest absolute Gasteiger partial charge is 0.0294 e. The first kappa shape index (κ1) is 8.54. The topological polar surface area (TPSA) is 26.0 Å². The van der Waals surface area contributed by atoms with Gasteiger partial charge in [-0.05, 0) is 44.3 Å². The van der Waals surface area contributed by atoms with Gasteiger partial charge in [0.05, 0.1) is 0 Å². The summed E-state index contributed by atoms with van der Waals surface area (Å²) in [6.07, 6.45) is 7.95. The molecule has 0 aromatic rings. The van der Waals surface area contributed by atoms with Crippen LogP contribution in [0.2, 0.25) is 0 Å². The van der Waals surface area contributed by atoms with E-state index in [0.717, 1.165) is 6.42 Å². The van der Waals surface area contributed by atoms with Crippen LogP contribution in [0.3, 0.4) is 0 Å². The van der Waals surface area contributed by atoms with Gasteiger partial charge >= 0.3 is 0 Å². The molecule has 11 heavy (non-hydrogen) atoms. The fraction of sp³-hybridized carbons (Fsp3) is 0.600. The number of hydrogen-bond donors (Lipinski definition) is 1. The van der Waals surface area contributed by atoms with Crippen LogP contribution in [0.25, 0.3) is 0 Å². The maximum atomic E-state index is 5.95. The molecule has 0 aromatic heterocycles. The molecular formula is C10H17N. The van der Waals surface area contributed by atoms with Gasteiger partial charge in [-0.3, -0.25) is 0 Å². The number of hydrogen-bond acceptors (Lipinski definition) is 1. The minimum Gasteiger partial charge on any atom is -0.324 e. The first-order chi connectivity index (χ1) is 5.29. The lowest BCUT2D eigenvalue weighted by atomic mass is 9.86. The van der Waals surface area contributed by atoms with E-state index in [-0.39, 0.29) is 0 Å². The fourth-order valence-electron chi connectivity index (χ4n) is 1.76. The Balaban J connectivity index is 2.81. The van der Waals surface area contributed by atoms with Gasteiger partial charge in [0.15, 0.2) is 0 Å². The van der Waals surface area contributed by atoms with Crippen molar-refractivity contribution >= 4 is 0 Å². The Hall–Kier alpha value is -0.560. The van der Waals surface area contributed by atoms with Gasteiger partial charge in [-0.15, -0.1) is 0 Å². The van der Waals surface area contributed by atoms with Crippen LogP contribution >= 0.6 is 0 Å². The van der Waals surface area contributed by atoms with Crippen LogP contribution < -0.4 is 5.73 Å². The molecule has 0 spiro atoms. The Morgan fingerprint density at radius 1 is 1.36 bits per heavy atom. The van der Waals surface area contributed by atoms with Gasteiger partial charge in [0, 0.05) is 6.04 Å². The normalized spacial score (nSPS) is 33.2. The van der Waals surface area contributed by atoms with Gasteiger partial charge in [-0.2, -0.15) is 0 Å². The Morgan fingerprint density at radius 3 is 2.55 bits per heavy atom. The zero-order chi connectivity index (χ0) is 8.27. The summed E-state index contributed by atoms with van der Waals surface area (Å²) >= 11 is 0. The van der Waals surface area contributed by atoms with Crippen molar-refractivity contribution in [2.45, 2.75) is 39.2 Å². The van der Waals surface area contributed by atoms with Crippen LogP contribution in [0.1, 0.15) is 33.1 Å². The number of allylic oxidation sites excluding steroid dienone is 2. The highest BCUT2D eigenvalue weighted by atomic mass is 14.6. The molecule has 1 aliphatic carbocycles. The maximum absolute atomic E-state index is 5.95. The number of nitrogens with two attached hydrogens (primary N) is 1. The predicted molar refractivity (Wildman–Crippen MR) is 49.3 cm³/mol. The van der Waals surface area contributed by atoms with E-state index >= 15 is 0 Å².